The van der Waals surface area contributed by atoms with Crippen LogP contribution in [0, 0.1) is 0 Å². The quantitative estimate of drug-likeness (QED) is 0.537. The molecule has 1 saturated heterocycles. The lowest BCUT2D eigenvalue weighted by Crippen LogP contribution is -2.22. The van der Waals surface area contributed by atoms with E-state index in [1.807, 2.05) is 24.3 Å². The molecule has 1 fully saturated rings. The van der Waals surface area contributed by atoms with Crippen molar-refractivity contribution in [2.45, 2.75) is 31.5 Å². The summed E-state index contributed by atoms with van der Waals surface area (Å²) in [5.74, 6) is 0.633. The molecule has 0 radical (unpaired) electrons. The molecule has 1 aliphatic heterocycles. The molecule has 1 unspecified atom stereocenters. The first-order valence-electron chi connectivity index (χ1n) is 10.2. The van der Waals surface area contributed by atoms with Crippen LogP contribution in [-0.4, -0.2) is 30.0 Å². The SMILES string of the molecule is O=C(CCc1ccc(C(F)(F)F)cc1)Nc1ccc2nc(NC3CCNC3)ccc2c1. The van der Waals surface area contributed by atoms with E-state index in [-0.39, 0.29) is 12.3 Å². The number of nitrogens with zero attached hydrogens (tertiary/aromatic N) is 1. The molecule has 1 amide bonds. The van der Waals surface area contributed by atoms with Gasteiger partial charge in [-0.15, -0.1) is 0 Å². The highest BCUT2D eigenvalue weighted by Crippen LogP contribution is 2.29. The molecule has 0 spiro atoms. The van der Waals surface area contributed by atoms with E-state index < -0.39 is 11.7 Å². The normalized spacial score (nSPS) is 16.4. The first-order valence-corrected chi connectivity index (χ1v) is 10.2. The maximum atomic E-state index is 12.6. The van der Waals surface area contributed by atoms with Crippen LogP contribution >= 0.6 is 0 Å². The van der Waals surface area contributed by atoms with Crippen molar-refractivity contribution in [3.63, 3.8) is 0 Å². The molecule has 2 heterocycles. The van der Waals surface area contributed by atoms with Gasteiger partial charge in [-0.1, -0.05) is 12.1 Å². The van der Waals surface area contributed by atoms with E-state index in [0.29, 0.717) is 23.7 Å². The van der Waals surface area contributed by atoms with Crippen molar-refractivity contribution < 1.29 is 18.0 Å². The largest absolute Gasteiger partial charge is 0.416 e. The molecule has 3 N–H and O–H groups in total. The summed E-state index contributed by atoms with van der Waals surface area (Å²) in [6.07, 6.45) is -2.74. The van der Waals surface area contributed by atoms with Crippen LogP contribution in [0.1, 0.15) is 24.0 Å². The highest BCUT2D eigenvalue weighted by Gasteiger charge is 2.29. The summed E-state index contributed by atoms with van der Waals surface area (Å²) >= 11 is 0. The van der Waals surface area contributed by atoms with Crippen LogP contribution in [0.25, 0.3) is 10.9 Å². The van der Waals surface area contributed by atoms with Crippen molar-refractivity contribution in [2.75, 3.05) is 23.7 Å². The highest BCUT2D eigenvalue weighted by atomic mass is 19.4. The third-order valence-corrected chi connectivity index (χ3v) is 5.31. The van der Waals surface area contributed by atoms with Crippen molar-refractivity contribution in [1.29, 1.82) is 0 Å². The number of aryl methyl sites for hydroxylation is 1. The summed E-state index contributed by atoms with van der Waals surface area (Å²) < 4.78 is 37.9. The molecule has 162 valence electrons. The van der Waals surface area contributed by atoms with Crippen LogP contribution in [0.5, 0.6) is 0 Å². The molecule has 1 atom stereocenters. The van der Waals surface area contributed by atoms with Crippen LogP contribution in [-0.2, 0) is 17.4 Å². The number of rotatable bonds is 6. The van der Waals surface area contributed by atoms with Gasteiger partial charge >= 0.3 is 6.18 Å². The molecular formula is C23H23F3N4O. The van der Waals surface area contributed by atoms with Crippen LogP contribution in [0.15, 0.2) is 54.6 Å². The minimum absolute atomic E-state index is 0.180. The predicted octanol–water partition coefficient (Wildman–Crippen LogP) is 4.60. The van der Waals surface area contributed by atoms with E-state index in [2.05, 4.69) is 20.9 Å². The first kappa shape index (κ1) is 21.1. The Kier molecular flexibility index (Phi) is 6.08. The van der Waals surface area contributed by atoms with Gasteiger partial charge in [-0.2, -0.15) is 13.2 Å². The van der Waals surface area contributed by atoms with E-state index in [4.69, 9.17) is 0 Å². The average Bonchev–Trinajstić information content (AvgIpc) is 3.25. The number of hydrogen-bond acceptors (Lipinski definition) is 4. The zero-order chi connectivity index (χ0) is 21.8. The number of benzene rings is 2. The second-order valence-electron chi connectivity index (χ2n) is 7.68. The molecule has 1 aromatic heterocycles. The van der Waals surface area contributed by atoms with E-state index in [9.17, 15) is 18.0 Å². The number of pyridine rings is 1. The highest BCUT2D eigenvalue weighted by molar-refractivity contribution is 5.94. The molecule has 0 saturated carbocycles. The van der Waals surface area contributed by atoms with Gasteiger partial charge in [-0.25, -0.2) is 4.98 Å². The van der Waals surface area contributed by atoms with Gasteiger partial charge in [0.2, 0.25) is 5.91 Å². The molecule has 3 aromatic rings. The minimum atomic E-state index is -4.36. The smallest absolute Gasteiger partial charge is 0.366 e. The molecule has 2 aromatic carbocycles. The average molecular weight is 428 g/mol. The van der Waals surface area contributed by atoms with Gasteiger partial charge in [-0.3, -0.25) is 4.79 Å². The summed E-state index contributed by atoms with van der Waals surface area (Å²) in [7, 11) is 0. The summed E-state index contributed by atoms with van der Waals surface area (Å²) in [5.41, 5.74) is 1.48. The molecule has 4 rings (SSSR count). The predicted molar refractivity (Wildman–Crippen MR) is 115 cm³/mol. The molecule has 1 aliphatic rings. The number of amides is 1. The fourth-order valence-corrected chi connectivity index (χ4v) is 3.61. The third kappa shape index (κ3) is 5.52. The monoisotopic (exact) mass is 428 g/mol. The summed E-state index contributed by atoms with van der Waals surface area (Å²) in [6, 6.07) is 14.7. The van der Waals surface area contributed by atoms with E-state index in [1.165, 1.54) is 12.1 Å². The lowest BCUT2D eigenvalue weighted by Gasteiger charge is -2.13. The lowest BCUT2D eigenvalue weighted by molar-refractivity contribution is -0.137. The Labute approximate surface area is 178 Å². The maximum absolute atomic E-state index is 12.6. The minimum Gasteiger partial charge on any atom is -0.366 e. The Morgan fingerprint density at radius 2 is 1.90 bits per heavy atom. The van der Waals surface area contributed by atoms with E-state index in [0.717, 1.165) is 48.4 Å². The van der Waals surface area contributed by atoms with Crippen molar-refractivity contribution in [3.8, 4) is 0 Å². The van der Waals surface area contributed by atoms with Crippen molar-refractivity contribution in [2.24, 2.45) is 0 Å². The number of carbonyl (C=O) groups is 1. The van der Waals surface area contributed by atoms with Gasteiger partial charge in [-0.05, 0) is 67.4 Å². The maximum Gasteiger partial charge on any atom is 0.416 e. The Morgan fingerprint density at radius 1 is 1.10 bits per heavy atom. The van der Waals surface area contributed by atoms with Crippen molar-refractivity contribution >= 4 is 28.3 Å². The van der Waals surface area contributed by atoms with Gasteiger partial charge in [0.25, 0.3) is 0 Å². The van der Waals surface area contributed by atoms with E-state index >= 15 is 0 Å². The van der Waals surface area contributed by atoms with Crippen LogP contribution < -0.4 is 16.0 Å². The number of carbonyl (C=O) groups excluding carboxylic acids is 1. The third-order valence-electron chi connectivity index (χ3n) is 5.31. The zero-order valence-electron chi connectivity index (χ0n) is 16.8. The summed E-state index contributed by atoms with van der Waals surface area (Å²) in [4.78, 5) is 16.9. The molecule has 31 heavy (non-hydrogen) atoms. The fraction of sp³-hybridized carbons (Fsp3) is 0.304. The number of alkyl halides is 3. The first-order chi connectivity index (χ1) is 14.9. The van der Waals surface area contributed by atoms with E-state index in [1.54, 1.807) is 6.07 Å². The van der Waals surface area contributed by atoms with Gasteiger partial charge in [0.05, 0.1) is 11.1 Å². The van der Waals surface area contributed by atoms with Gasteiger partial charge in [0.1, 0.15) is 5.82 Å². The van der Waals surface area contributed by atoms with Crippen molar-refractivity contribution in [3.05, 3.63) is 65.7 Å². The Hall–Kier alpha value is -3.13. The molecule has 0 bridgehead atoms. The number of fused-ring (bicyclic) bond motifs is 1. The number of hydrogen-bond donors (Lipinski definition) is 3. The number of anilines is 2. The van der Waals surface area contributed by atoms with Crippen LogP contribution in [0.3, 0.4) is 0 Å². The van der Waals surface area contributed by atoms with Crippen LogP contribution in [0.2, 0.25) is 0 Å². The molecular weight excluding hydrogens is 405 g/mol. The van der Waals surface area contributed by atoms with Crippen molar-refractivity contribution in [1.82, 2.24) is 10.3 Å². The topological polar surface area (TPSA) is 66.0 Å². The number of nitrogens with one attached hydrogen (secondary N) is 3. The van der Waals surface area contributed by atoms with Crippen LogP contribution in [0.4, 0.5) is 24.7 Å². The zero-order valence-corrected chi connectivity index (χ0v) is 16.8. The second-order valence-corrected chi connectivity index (χ2v) is 7.68. The molecule has 0 aliphatic carbocycles. The second kappa shape index (κ2) is 8.93. The Morgan fingerprint density at radius 3 is 2.61 bits per heavy atom. The number of aromatic nitrogens is 1. The summed E-state index contributed by atoms with van der Waals surface area (Å²) in [5, 5.41) is 10.5. The lowest BCUT2D eigenvalue weighted by atomic mass is 10.1. The summed E-state index contributed by atoms with van der Waals surface area (Å²) in [6.45, 7) is 1.93. The Bertz CT molecular complexity index is 1060. The number of halogens is 3. The molecule has 5 nitrogen and oxygen atoms in total. The molecule has 8 heteroatoms. The van der Waals surface area contributed by atoms with Gasteiger partial charge < -0.3 is 16.0 Å². The standard InChI is InChI=1S/C23H23F3N4O/c24-23(25,26)17-5-1-15(2-6-17)3-10-22(31)29-18-7-8-20-16(13-18)4-9-21(30-20)28-19-11-12-27-14-19/h1-2,4-9,13,19,27H,3,10-12,14H2,(H,28,30)(H,29,31). The fourth-order valence-electron chi connectivity index (χ4n) is 3.61. The Balaban J connectivity index is 1.33. The van der Waals surface area contributed by atoms with Gasteiger partial charge in [0, 0.05) is 30.1 Å². The van der Waals surface area contributed by atoms with Gasteiger partial charge in [0.15, 0.2) is 0 Å².